The van der Waals surface area contributed by atoms with Gasteiger partial charge in [0.05, 0.1) is 5.69 Å². The highest BCUT2D eigenvalue weighted by atomic mass is 32.2. The molecule has 8 heteroatoms. The van der Waals surface area contributed by atoms with Gasteiger partial charge in [0.1, 0.15) is 17.0 Å². The van der Waals surface area contributed by atoms with Gasteiger partial charge in [-0.2, -0.15) is 0 Å². The lowest BCUT2D eigenvalue weighted by molar-refractivity contribution is 0.580. The molecule has 0 saturated heterocycles. The number of rotatable bonds is 5. The first-order chi connectivity index (χ1) is 9.00. The van der Waals surface area contributed by atoms with Crippen LogP contribution < -0.4 is 10.5 Å². The molecule has 3 N–H and O–H groups in total. The van der Waals surface area contributed by atoms with Crippen molar-refractivity contribution in [2.24, 2.45) is 7.05 Å². The third-order valence-corrected chi connectivity index (χ3v) is 4.19. The third kappa shape index (κ3) is 3.09. The second-order valence-electron chi connectivity index (χ2n) is 4.04. The number of sulfonamides is 1. The molecule has 0 aliphatic carbocycles. The van der Waals surface area contributed by atoms with Crippen LogP contribution in [0.1, 0.15) is 5.82 Å². The Kier molecular flexibility index (Phi) is 3.82. The fourth-order valence-electron chi connectivity index (χ4n) is 1.63. The standard InChI is InChI=1S/C11H15N5O2S/c1-16-8-13-15-11(16)6-7-14-19(17,18)10-5-3-2-4-9(10)12/h2-5,8,14H,6-7,12H2,1H3. The lowest BCUT2D eigenvalue weighted by atomic mass is 10.3. The van der Waals surface area contributed by atoms with E-state index in [1.165, 1.54) is 6.07 Å². The van der Waals surface area contributed by atoms with Crippen molar-refractivity contribution in [3.63, 3.8) is 0 Å². The number of anilines is 1. The zero-order valence-electron chi connectivity index (χ0n) is 10.4. The number of benzene rings is 1. The number of aromatic nitrogens is 3. The first-order valence-electron chi connectivity index (χ1n) is 5.68. The molecule has 0 radical (unpaired) electrons. The minimum Gasteiger partial charge on any atom is -0.398 e. The molecule has 1 aromatic carbocycles. The Balaban J connectivity index is 2.03. The predicted molar refractivity (Wildman–Crippen MR) is 70.7 cm³/mol. The molecule has 19 heavy (non-hydrogen) atoms. The Hall–Kier alpha value is -1.93. The molecule has 7 nitrogen and oxygen atoms in total. The van der Waals surface area contributed by atoms with Gasteiger partial charge in [0.15, 0.2) is 0 Å². The van der Waals surface area contributed by atoms with Crippen LogP contribution in [-0.4, -0.2) is 29.7 Å². The van der Waals surface area contributed by atoms with E-state index in [-0.39, 0.29) is 17.1 Å². The van der Waals surface area contributed by atoms with Crippen LogP contribution in [0.15, 0.2) is 35.5 Å². The fraction of sp³-hybridized carbons (Fsp3) is 0.273. The van der Waals surface area contributed by atoms with Gasteiger partial charge in [-0.25, -0.2) is 13.1 Å². The summed E-state index contributed by atoms with van der Waals surface area (Å²) in [6, 6.07) is 6.35. The first-order valence-corrected chi connectivity index (χ1v) is 7.16. The van der Waals surface area contributed by atoms with E-state index in [4.69, 9.17) is 5.73 Å². The molecular formula is C11H15N5O2S. The largest absolute Gasteiger partial charge is 0.398 e. The summed E-state index contributed by atoms with van der Waals surface area (Å²) < 4.78 is 28.3. The van der Waals surface area contributed by atoms with Crippen LogP contribution in [0.2, 0.25) is 0 Å². The molecular weight excluding hydrogens is 266 g/mol. The van der Waals surface area contributed by atoms with Crippen molar-refractivity contribution in [3.05, 3.63) is 36.4 Å². The van der Waals surface area contributed by atoms with Crippen LogP contribution in [0.25, 0.3) is 0 Å². The smallest absolute Gasteiger partial charge is 0.242 e. The molecule has 1 aromatic heterocycles. The molecule has 0 spiro atoms. The van der Waals surface area contributed by atoms with E-state index < -0.39 is 10.0 Å². The molecule has 0 fully saturated rings. The van der Waals surface area contributed by atoms with Crippen LogP contribution in [0.3, 0.4) is 0 Å². The SMILES string of the molecule is Cn1cnnc1CCNS(=O)(=O)c1ccccc1N. The number of hydrogen-bond donors (Lipinski definition) is 2. The molecule has 0 aliphatic rings. The summed E-state index contributed by atoms with van der Waals surface area (Å²) in [5.41, 5.74) is 5.88. The third-order valence-electron chi connectivity index (χ3n) is 2.65. The lowest BCUT2D eigenvalue weighted by Crippen LogP contribution is -2.27. The van der Waals surface area contributed by atoms with E-state index >= 15 is 0 Å². The summed E-state index contributed by atoms with van der Waals surface area (Å²) in [5.74, 6) is 0.712. The zero-order chi connectivity index (χ0) is 13.9. The first kappa shape index (κ1) is 13.5. The maximum Gasteiger partial charge on any atom is 0.242 e. The molecule has 2 aromatic rings. The van der Waals surface area contributed by atoms with Gasteiger partial charge < -0.3 is 10.3 Å². The van der Waals surface area contributed by atoms with Gasteiger partial charge in [-0.3, -0.25) is 0 Å². The van der Waals surface area contributed by atoms with Crippen molar-refractivity contribution in [1.29, 1.82) is 0 Å². The van der Waals surface area contributed by atoms with Gasteiger partial charge >= 0.3 is 0 Å². The second kappa shape index (κ2) is 5.37. The zero-order valence-corrected chi connectivity index (χ0v) is 11.3. The van der Waals surface area contributed by atoms with E-state index in [1.54, 1.807) is 36.1 Å². The fourth-order valence-corrected chi connectivity index (χ4v) is 2.80. The Morgan fingerprint density at radius 1 is 1.37 bits per heavy atom. The van der Waals surface area contributed by atoms with Crippen LogP contribution in [0, 0.1) is 0 Å². The molecule has 0 bridgehead atoms. The number of nitrogens with zero attached hydrogens (tertiary/aromatic N) is 3. The van der Waals surface area contributed by atoms with Crippen LogP contribution in [0.4, 0.5) is 5.69 Å². The van der Waals surface area contributed by atoms with Gasteiger partial charge in [0, 0.05) is 20.0 Å². The van der Waals surface area contributed by atoms with Crippen molar-refractivity contribution < 1.29 is 8.42 Å². The minimum absolute atomic E-state index is 0.0907. The second-order valence-corrected chi connectivity index (χ2v) is 5.78. The number of nitrogen functional groups attached to an aromatic ring is 1. The van der Waals surface area contributed by atoms with Gasteiger partial charge in [-0.1, -0.05) is 12.1 Å². The summed E-state index contributed by atoms with van der Waals surface area (Å²) in [7, 11) is -1.78. The highest BCUT2D eigenvalue weighted by Gasteiger charge is 2.16. The molecule has 2 rings (SSSR count). The molecule has 0 saturated carbocycles. The van der Waals surface area contributed by atoms with Crippen molar-refractivity contribution >= 4 is 15.7 Å². The number of para-hydroxylation sites is 1. The van der Waals surface area contributed by atoms with Crippen molar-refractivity contribution in [2.45, 2.75) is 11.3 Å². The van der Waals surface area contributed by atoms with Crippen LogP contribution in [-0.2, 0) is 23.5 Å². The minimum atomic E-state index is -3.59. The van der Waals surface area contributed by atoms with E-state index in [9.17, 15) is 8.42 Å². The normalized spacial score (nSPS) is 11.6. The molecule has 0 atom stereocenters. The molecule has 1 heterocycles. The summed E-state index contributed by atoms with van der Waals surface area (Å²) >= 11 is 0. The van der Waals surface area contributed by atoms with E-state index in [0.717, 1.165) is 0 Å². The Bertz CT molecular complexity index is 665. The number of hydrogen-bond acceptors (Lipinski definition) is 5. The molecule has 102 valence electrons. The molecule has 0 aliphatic heterocycles. The van der Waals surface area contributed by atoms with Crippen LogP contribution in [0.5, 0.6) is 0 Å². The quantitative estimate of drug-likeness (QED) is 0.746. The van der Waals surface area contributed by atoms with E-state index in [2.05, 4.69) is 14.9 Å². The summed E-state index contributed by atoms with van der Waals surface area (Å²) in [5, 5.41) is 7.60. The molecule has 0 unspecified atom stereocenters. The van der Waals surface area contributed by atoms with Crippen LogP contribution >= 0.6 is 0 Å². The van der Waals surface area contributed by atoms with E-state index in [0.29, 0.717) is 12.2 Å². The summed E-state index contributed by atoms with van der Waals surface area (Å²) in [4.78, 5) is 0.0907. The summed E-state index contributed by atoms with van der Waals surface area (Å²) in [6.07, 6.45) is 2.03. The number of nitrogens with one attached hydrogen (secondary N) is 1. The summed E-state index contributed by atoms with van der Waals surface area (Å²) in [6.45, 7) is 0.239. The Morgan fingerprint density at radius 2 is 2.11 bits per heavy atom. The highest BCUT2D eigenvalue weighted by molar-refractivity contribution is 7.89. The number of nitrogens with two attached hydrogens (primary N) is 1. The van der Waals surface area contributed by atoms with E-state index in [1.807, 2.05) is 0 Å². The maximum atomic E-state index is 12.0. The van der Waals surface area contributed by atoms with Gasteiger partial charge in [0.25, 0.3) is 0 Å². The Labute approximate surface area is 111 Å². The van der Waals surface area contributed by atoms with Crippen molar-refractivity contribution in [1.82, 2.24) is 19.5 Å². The monoisotopic (exact) mass is 281 g/mol. The lowest BCUT2D eigenvalue weighted by Gasteiger charge is -2.08. The van der Waals surface area contributed by atoms with Crippen molar-refractivity contribution in [2.75, 3.05) is 12.3 Å². The van der Waals surface area contributed by atoms with Gasteiger partial charge in [-0.05, 0) is 12.1 Å². The average molecular weight is 281 g/mol. The molecule has 0 amide bonds. The number of aryl methyl sites for hydroxylation is 1. The highest BCUT2D eigenvalue weighted by Crippen LogP contribution is 2.16. The predicted octanol–water partition coefficient (Wildman–Crippen LogP) is -0.0817. The van der Waals surface area contributed by atoms with Gasteiger partial charge in [0.2, 0.25) is 10.0 Å². The van der Waals surface area contributed by atoms with Crippen molar-refractivity contribution in [3.8, 4) is 0 Å². The topological polar surface area (TPSA) is 103 Å². The average Bonchev–Trinajstić information content (AvgIpc) is 2.75. The Morgan fingerprint density at radius 3 is 2.74 bits per heavy atom. The van der Waals surface area contributed by atoms with Gasteiger partial charge in [-0.15, -0.1) is 10.2 Å². The maximum absolute atomic E-state index is 12.0.